The van der Waals surface area contributed by atoms with E-state index >= 15 is 0 Å². The summed E-state index contributed by atoms with van der Waals surface area (Å²) in [6, 6.07) is 0. The number of hydrogen-bond acceptors (Lipinski definition) is 5. The Bertz CT molecular complexity index is 221. The molecule has 2 atom stereocenters. The summed E-state index contributed by atoms with van der Waals surface area (Å²) < 4.78 is 9.05. The summed E-state index contributed by atoms with van der Waals surface area (Å²) in [5.74, 6) is -2.42. The van der Waals surface area contributed by atoms with E-state index in [1.807, 2.05) is 0 Å². The number of carbonyl (C=O) groups excluding carboxylic acids is 2. The fourth-order valence-corrected chi connectivity index (χ4v) is 0.880. The van der Waals surface area contributed by atoms with Crippen LogP contribution >= 0.6 is 0 Å². The van der Waals surface area contributed by atoms with E-state index in [0.29, 0.717) is 0 Å². The molecule has 0 unspecified atom stereocenters. The van der Waals surface area contributed by atoms with Gasteiger partial charge in [0.05, 0.1) is 19.6 Å². The van der Waals surface area contributed by atoms with E-state index in [1.54, 1.807) is 6.92 Å². The average molecular weight is 204 g/mol. The molecule has 0 aliphatic heterocycles. The summed E-state index contributed by atoms with van der Waals surface area (Å²) in [7, 11) is 1.15. The molecule has 0 amide bonds. The minimum atomic E-state index is -1.85. The van der Waals surface area contributed by atoms with Crippen LogP contribution in [0.25, 0.3) is 0 Å². The van der Waals surface area contributed by atoms with Crippen LogP contribution in [0.15, 0.2) is 0 Å². The lowest BCUT2D eigenvalue weighted by molar-refractivity contribution is -0.175. The number of rotatable bonds is 4. The van der Waals surface area contributed by atoms with Gasteiger partial charge in [-0.3, -0.25) is 4.79 Å². The van der Waals surface area contributed by atoms with Crippen LogP contribution in [-0.2, 0) is 19.1 Å². The molecular formula is C9H16O5. The molecule has 0 heterocycles. The van der Waals surface area contributed by atoms with Crippen LogP contribution in [0, 0.1) is 5.92 Å². The maximum atomic E-state index is 11.2. The van der Waals surface area contributed by atoms with Gasteiger partial charge in [0.25, 0.3) is 0 Å². The highest BCUT2D eigenvalue weighted by Crippen LogP contribution is 2.19. The van der Waals surface area contributed by atoms with Crippen LogP contribution in [0.3, 0.4) is 0 Å². The molecule has 0 aromatic carbocycles. The molecule has 1 N–H and O–H groups in total. The van der Waals surface area contributed by atoms with Gasteiger partial charge in [-0.2, -0.15) is 0 Å². The van der Waals surface area contributed by atoms with Crippen LogP contribution in [0.4, 0.5) is 0 Å². The maximum Gasteiger partial charge on any atom is 0.338 e. The van der Waals surface area contributed by atoms with Crippen molar-refractivity contribution in [3.05, 3.63) is 0 Å². The first-order valence-electron chi connectivity index (χ1n) is 4.35. The molecule has 0 saturated carbocycles. The molecule has 5 heteroatoms. The molecule has 0 aliphatic carbocycles. The molecule has 0 aromatic heterocycles. The van der Waals surface area contributed by atoms with Crippen molar-refractivity contribution in [2.75, 3.05) is 13.7 Å². The summed E-state index contributed by atoms with van der Waals surface area (Å²) in [5.41, 5.74) is -1.85. The first-order chi connectivity index (χ1) is 6.37. The van der Waals surface area contributed by atoms with Gasteiger partial charge in [-0.25, -0.2) is 4.79 Å². The summed E-state index contributed by atoms with van der Waals surface area (Å²) >= 11 is 0. The van der Waals surface area contributed by atoms with Gasteiger partial charge in [-0.05, 0) is 20.8 Å². The Morgan fingerprint density at radius 3 is 2.36 bits per heavy atom. The van der Waals surface area contributed by atoms with Gasteiger partial charge in [0.1, 0.15) is 0 Å². The van der Waals surface area contributed by atoms with E-state index in [9.17, 15) is 14.7 Å². The molecule has 0 fully saturated rings. The van der Waals surface area contributed by atoms with E-state index < -0.39 is 23.5 Å². The number of aliphatic hydroxyl groups is 1. The zero-order chi connectivity index (χ0) is 11.4. The third-order valence-electron chi connectivity index (χ3n) is 2.08. The predicted octanol–water partition coefficient (Wildman–Crippen LogP) is 0.110. The normalized spacial score (nSPS) is 16.6. The minimum Gasteiger partial charge on any atom is -0.467 e. The summed E-state index contributed by atoms with van der Waals surface area (Å²) in [4.78, 5) is 22.3. The van der Waals surface area contributed by atoms with Gasteiger partial charge in [0, 0.05) is 0 Å². The molecule has 0 aromatic rings. The maximum absolute atomic E-state index is 11.2. The van der Waals surface area contributed by atoms with Crippen LogP contribution < -0.4 is 0 Å². The van der Waals surface area contributed by atoms with E-state index in [-0.39, 0.29) is 6.61 Å². The van der Waals surface area contributed by atoms with Gasteiger partial charge in [0.2, 0.25) is 0 Å². The van der Waals surface area contributed by atoms with E-state index in [2.05, 4.69) is 9.47 Å². The topological polar surface area (TPSA) is 72.8 Å². The molecule has 0 bridgehead atoms. The van der Waals surface area contributed by atoms with Crippen molar-refractivity contribution in [1.82, 2.24) is 0 Å². The highest BCUT2D eigenvalue weighted by molar-refractivity contribution is 5.86. The smallest absolute Gasteiger partial charge is 0.338 e. The number of methoxy groups -OCH3 is 1. The van der Waals surface area contributed by atoms with Gasteiger partial charge >= 0.3 is 11.9 Å². The van der Waals surface area contributed by atoms with Gasteiger partial charge in [-0.1, -0.05) is 0 Å². The quantitative estimate of drug-likeness (QED) is 0.658. The number of ether oxygens (including phenoxy) is 2. The third kappa shape index (κ3) is 2.70. The lowest BCUT2D eigenvalue weighted by atomic mass is 9.91. The Hall–Kier alpha value is -1.10. The van der Waals surface area contributed by atoms with E-state index in [0.717, 1.165) is 7.11 Å². The second kappa shape index (κ2) is 4.95. The van der Waals surface area contributed by atoms with Crippen molar-refractivity contribution in [3.63, 3.8) is 0 Å². The van der Waals surface area contributed by atoms with E-state index in [4.69, 9.17) is 0 Å². The second-order valence-electron chi connectivity index (χ2n) is 3.11. The molecule has 0 saturated heterocycles. The highest BCUT2D eigenvalue weighted by atomic mass is 16.5. The number of esters is 2. The lowest BCUT2D eigenvalue weighted by Gasteiger charge is -2.25. The van der Waals surface area contributed by atoms with E-state index in [1.165, 1.54) is 13.8 Å². The van der Waals surface area contributed by atoms with Crippen molar-refractivity contribution in [2.45, 2.75) is 26.4 Å². The van der Waals surface area contributed by atoms with Crippen LogP contribution in [0.2, 0.25) is 0 Å². The highest BCUT2D eigenvalue weighted by Gasteiger charge is 2.42. The van der Waals surface area contributed by atoms with Crippen molar-refractivity contribution >= 4 is 11.9 Å². The Morgan fingerprint density at radius 2 is 2.00 bits per heavy atom. The molecular weight excluding hydrogens is 188 g/mol. The lowest BCUT2D eigenvalue weighted by Crippen LogP contribution is -2.46. The van der Waals surface area contributed by atoms with Crippen molar-refractivity contribution in [2.24, 2.45) is 5.92 Å². The molecule has 5 nitrogen and oxygen atoms in total. The summed E-state index contributed by atoms with van der Waals surface area (Å²) in [5, 5.41) is 9.67. The van der Waals surface area contributed by atoms with Gasteiger partial charge in [-0.15, -0.1) is 0 Å². The first-order valence-corrected chi connectivity index (χ1v) is 4.35. The average Bonchev–Trinajstić information content (AvgIpc) is 2.15. The fourth-order valence-electron chi connectivity index (χ4n) is 0.880. The molecule has 0 spiro atoms. The molecule has 14 heavy (non-hydrogen) atoms. The van der Waals surface area contributed by atoms with Gasteiger partial charge < -0.3 is 14.6 Å². The van der Waals surface area contributed by atoms with Crippen LogP contribution in [0.5, 0.6) is 0 Å². The fraction of sp³-hybridized carbons (Fsp3) is 0.778. The molecule has 0 rings (SSSR count). The zero-order valence-corrected chi connectivity index (χ0v) is 8.86. The minimum absolute atomic E-state index is 0.209. The third-order valence-corrected chi connectivity index (χ3v) is 2.08. The molecule has 0 aliphatic rings. The Morgan fingerprint density at radius 1 is 1.50 bits per heavy atom. The standard InChI is InChI=1S/C9H16O5/c1-5-14-7(10)6(2)9(3,12)8(11)13-4/h6,12H,5H2,1-4H3/t6-,9+/m1/s1. The van der Waals surface area contributed by atoms with Crippen molar-refractivity contribution < 1.29 is 24.2 Å². The van der Waals surface area contributed by atoms with Crippen LogP contribution in [-0.4, -0.2) is 36.4 Å². The zero-order valence-electron chi connectivity index (χ0n) is 8.86. The van der Waals surface area contributed by atoms with Crippen LogP contribution in [0.1, 0.15) is 20.8 Å². The van der Waals surface area contributed by atoms with Crippen molar-refractivity contribution in [1.29, 1.82) is 0 Å². The largest absolute Gasteiger partial charge is 0.467 e. The van der Waals surface area contributed by atoms with Gasteiger partial charge in [0.15, 0.2) is 5.60 Å². The molecule has 82 valence electrons. The second-order valence-corrected chi connectivity index (χ2v) is 3.11. The SMILES string of the molecule is CCOC(=O)[C@@H](C)[C@](C)(O)C(=O)OC. The number of hydrogen-bond donors (Lipinski definition) is 1. The Labute approximate surface area is 83.0 Å². The predicted molar refractivity (Wildman–Crippen MR) is 48.4 cm³/mol. The number of carbonyl (C=O) groups is 2. The molecule has 0 radical (unpaired) electrons. The monoisotopic (exact) mass is 204 g/mol. The summed E-state index contributed by atoms with van der Waals surface area (Å²) in [6.07, 6.45) is 0. The Balaban J connectivity index is 4.56. The van der Waals surface area contributed by atoms with Crippen molar-refractivity contribution in [3.8, 4) is 0 Å². The first kappa shape index (κ1) is 12.9. The Kier molecular flexibility index (Phi) is 4.56. The summed E-state index contributed by atoms with van der Waals surface area (Å²) in [6.45, 7) is 4.49.